The molecule has 0 aliphatic heterocycles. The lowest BCUT2D eigenvalue weighted by atomic mass is 10.2. The van der Waals surface area contributed by atoms with Crippen LogP contribution in [0.25, 0.3) is 5.69 Å². The van der Waals surface area contributed by atoms with E-state index in [2.05, 4.69) is 10.4 Å². The first kappa shape index (κ1) is 18.2. The standard InChI is InChI=1S/C21H20N4O2/c1-14-7-9-18(10-8-14)25-16(3)21(15(2)24-25)23-20(26)13-27-19-6-4-5-17(11-19)12-22/h4-11H,13H2,1-3H3,(H,23,26). The minimum absolute atomic E-state index is 0.149. The van der Waals surface area contributed by atoms with Crippen molar-refractivity contribution in [1.29, 1.82) is 5.26 Å². The highest BCUT2D eigenvalue weighted by molar-refractivity contribution is 5.93. The number of hydrogen-bond acceptors (Lipinski definition) is 4. The van der Waals surface area contributed by atoms with Gasteiger partial charge in [0, 0.05) is 0 Å². The summed E-state index contributed by atoms with van der Waals surface area (Å²) in [7, 11) is 0. The first-order valence-electron chi connectivity index (χ1n) is 8.54. The maximum atomic E-state index is 12.3. The Morgan fingerprint density at radius 3 is 2.63 bits per heavy atom. The van der Waals surface area contributed by atoms with Gasteiger partial charge in [-0.2, -0.15) is 10.4 Å². The number of anilines is 1. The highest BCUT2D eigenvalue weighted by Gasteiger charge is 2.15. The second kappa shape index (κ2) is 7.75. The normalized spacial score (nSPS) is 10.3. The zero-order valence-corrected chi connectivity index (χ0v) is 15.5. The molecule has 1 heterocycles. The molecule has 0 fully saturated rings. The van der Waals surface area contributed by atoms with E-state index in [9.17, 15) is 4.79 Å². The highest BCUT2D eigenvalue weighted by atomic mass is 16.5. The number of benzene rings is 2. The molecule has 0 radical (unpaired) electrons. The number of aryl methyl sites for hydroxylation is 2. The summed E-state index contributed by atoms with van der Waals surface area (Å²) in [5, 5.41) is 16.3. The third-order valence-corrected chi connectivity index (χ3v) is 4.17. The molecule has 6 heteroatoms. The fourth-order valence-electron chi connectivity index (χ4n) is 2.74. The smallest absolute Gasteiger partial charge is 0.262 e. The van der Waals surface area contributed by atoms with Gasteiger partial charge in [0.2, 0.25) is 0 Å². The Labute approximate surface area is 158 Å². The largest absolute Gasteiger partial charge is 0.484 e. The van der Waals surface area contributed by atoms with E-state index in [1.807, 2.05) is 55.8 Å². The van der Waals surface area contributed by atoms with E-state index in [0.29, 0.717) is 17.0 Å². The van der Waals surface area contributed by atoms with Crippen LogP contribution in [0.3, 0.4) is 0 Å². The van der Waals surface area contributed by atoms with Gasteiger partial charge in [0.05, 0.1) is 34.4 Å². The van der Waals surface area contributed by atoms with Gasteiger partial charge in [-0.1, -0.05) is 23.8 Å². The molecule has 3 rings (SSSR count). The van der Waals surface area contributed by atoms with Crippen LogP contribution in [-0.2, 0) is 4.79 Å². The van der Waals surface area contributed by atoms with E-state index in [0.717, 1.165) is 17.1 Å². The first-order chi connectivity index (χ1) is 13.0. The number of aromatic nitrogens is 2. The topological polar surface area (TPSA) is 79.9 Å². The zero-order chi connectivity index (χ0) is 19.4. The summed E-state index contributed by atoms with van der Waals surface area (Å²) in [5.74, 6) is 0.194. The van der Waals surface area contributed by atoms with Crippen LogP contribution < -0.4 is 10.1 Å². The molecule has 0 saturated carbocycles. The Balaban J connectivity index is 1.71. The molecule has 0 aliphatic rings. The number of nitrogens with zero attached hydrogens (tertiary/aromatic N) is 3. The quantitative estimate of drug-likeness (QED) is 0.752. The highest BCUT2D eigenvalue weighted by Crippen LogP contribution is 2.23. The monoisotopic (exact) mass is 360 g/mol. The summed E-state index contributed by atoms with van der Waals surface area (Å²) in [5.41, 5.74) is 4.84. The van der Waals surface area contributed by atoms with Crippen LogP contribution in [0, 0.1) is 32.1 Å². The summed E-state index contributed by atoms with van der Waals surface area (Å²) in [6.07, 6.45) is 0. The minimum atomic E-state index is -0.285. The van der Waals surface area contributed by atoms with Crippen molar-refractivity contribution < 1.29 is 9.53 Å². The molecule has 1 amide bonds. The number of nitriles is 1. The number of hydrogen-bond donors (Lipinski definition) is 1. The number of carbonyl (C=O) groups is 1. The van der Waals surface area contributed by atoms with Crippen LogP contribution in [0.2, 0.25) is 0 Å². The molecule has 6 nitrogen and oxygen atoms in total. The average Bonchev–Trinajstić information content (AvgIpc) is 2.95. The van der Waals surface area contributed by atoms with Crippen LogP contribution >= 0.6 is 0 Å². The third kappa shape index (κ3) is 4.15. The summed E-state index contributed by atoms with van der Waals surface area (Å²) < 4.78 is 7.28. The molecule has 27 heavy (non-hydrogen) atoms. The molecule has 1 N–H and O–H groups in total. The van der Waals surface area contributed by atoms with Gasteiger partial charge >= 0.3 is 0 Å². The van der Waals surface area contributed by atoms with E-state index in [1.165, 1.54) is 5.56 Å². The predicted molar refractivity (Wildman–Crippen MR) is 103 cm³/mol. The average molecular weight is 360 g/mol. The van der Waals surface area contributed by atoms with Gasteiger partial charge in [0.15, 0.2) is 6.61 Å². The van der Waals surface area contributed by atoms with Gasteiger partial charge in [-0.15, -0.1) is 0 Å². The third-order valence-electron chi connectivity index (χ3n) is 4.17. The molecule has 0 atom stereocenters. The lowest BCUT2D eigenvalue weighted by Gasteiger charge is -2.09. The lowest BCUT2D eigenvalue weighted by Crippen LogP contribution is -2.21. The maximum Gasteiger partial charge on any atom is 0.262 e. The van der Waals surface area contributed by atoms with Crippen molar-refractivity contribution in [3.63, 3.8) is 0 Å². The summed E-state index contributed by atoms with van der Waals surface area (Å²) in [6.45, 7) is 5.64. The molecule has 0 aliphatic carbocycles. The second-order valence-corrected chi connectivity index (χ2v) is 6.27. The van der Waals surface area contributed by atoms with Crippen molar-refractivity contribution in [2.45, 2.75) is 20.8 Å². The summed E-state index contributed by atoms with van der Waals surface area (Å²) >= 11 is 0. The molecular formula is C21H20N4O2. The number of nitrogens with one attached hydrogen (secondary N) is 1. The van der Waals surface area contributed by atoms with Crippen LogP contribution in [0.15, 0.2) is 48.5 Å². The lowest BCUT2D eigenvalue weighted by molar-refractivity contribution is -0.118. The Bertz CT molecular complexity index is 1010. The number of ether oxygens (including phenoxy) is 1. The summed E-state index contributed by atoms with van der Waals surface area (Å²) in [6, 6.07) is 16.8. The predicted octanol–water partition coefficient (Wildman–Crippen LogP) is 3.69. The molecule has 3 aromatic rings. The van der Waals surface area contributed by atoms with Crippen LogP contribution in [-0.4, -0.2) is 22.3 Å². The molecule has 2 aromatic carbocycles. The van der Waals surface area contributed by atoms with Gasteiger partial charge in [-0.05, 0) is 51.1 Å². The second-order valence-electron chi connectivity index (χ2n) is 6.27. The number of carbonyl (C=O) groups excluding carboxylic acids is 1. The molecule has 0 bridgehead atoms. The van der Waals surface area contributed by atoms with E-state index < -0.39 is 0 Å². The van der Waals surface area contributed by atoms with Crippen molar-refractivity contribution in [1.82, 2.24) is 9.78 Å². The Kier molecular flexibility index (Phi) is 5.23. The van der Waals surface area contributed by atoms with Crippen molar-refractivity contribution in [3.8, 4) is 17.5 Å². The maximum absolute atomic E-state index is 12.3. The Hall–Kier alpha value is -3.59. The van der Waals surface area contributed by atoms with Crippen molar-refractivity contribution in [2.75, 3.05) is 11.9 Å². The minimum Gasteiger partial charge on any atom is -0.484 e. The van der Waals surface area contributed by atoms with Crippen LogP contribution in [0.5, 0.6) is 5.75 Å². The van der Waals surface area contributed by atoms with Gasteiger partial charge in [0.25, 0.3) is 5.91 Å². The summed E-state index contributed by atoms with van der Waals surface area (Å²) in [4.78, 5) is 12.3. The number of amides is 1. The Morgan fingerprint density at radius 1 is 1.19 bits per heavy atom. The van der Waals surface area contributed by atoms with Crippen LogP contribution in [0.1, 0.15) is 22.5 Å². The molecule has 0 unspecified atom stereocenters. The van der Waals surface area contributed by atoms with E-state index in [1.54, 1.807) is 24.3 Å². The molecular weight excluding hydrogens is 340 g/mol. The van der Waals surface area contributed by atoms with E-state index in [4.69, 9.17) is 10.00 Å². The van der Waals surface area contributed by atoms with Gasteiger partial charge in [-0.3, -0.25) is 4.79 Å². The van der Waals surface area contributed by atoms with Crippen LogP contribution in [0.4, 0.5) is 5.69 Å². The van der Waals surface area contributed by atoms with E-state index >= 15 is 0 Å². The van der Waals surface area contributed by atoms with Gasteiger partial charge < -0.3 is 10.1 Å². The zero-order valence-electron chi connectivity index (χ0n) is 15.5. The van der Waals surface area contributed by atoms with Gasteiger partial charge in [-0.25, -0.2) is 4.68 Å². The first-order valence-corrected chi connectivity index (χ1v) is 8.54. The number of rotatable bonds is 5. The van der Waals surface area contributed by atoms with E-state index in [-0.39, 0.29) is 12.5 Å². The fourth-order valence-corrected chi connectivity index (χ4v) is 2.74. The van der Waals surface area contributed by atoms with Gasteiger partial charge in [0.1, 0.15) is 5.75 Å². The van der Waals surface area contributed by atoms with Crippen molar-refractivity contribution in [3.05, 3.63) is 71.0 Å². The SMILES string of the molecule is Cc1ccc(-n2nc(C)c(NC(=O)COc3cccc(C#N)c3)c2C)cc1. The van der Waals surface area contributed by atoms with Crippen molar-refractivity contribution >= 4 is 11.6 Å². The molecule has 1 aromatic heterocycles. The molecule has 136 valence electrons. The Morgan fingerprint density at radius 2 is 1.93 bits per heavy atom. The molecule has 0 saturated heterocycles. The van der Waals surface area contributed by atoms with Crippen molar-refractivity contribution in [2.24, 2.45) is 0 Å². The fraction of sp³-hybridized carbons (Fsp3) is 0.190. The molecule has 0 spiro atoms.